The quantitative estimate of drug-likeness (QED) is 0.784. The van der Waals surface area contributed by atoms with E-state index in [4.69, 9.17) is 0 Å². The summed E-state index contributed by atoms with van der Waals surface area (Å²) in [4.78, 5) is 23.0. The predicted octanol–water partition coefficient (Wildman–Crippen LogP) is 1.86. The van der Waals surface area contributed by atoms with Crippen molar-refractivity contribution in [1.29, 1.82) is 0 Å². The van der Waals surface area contributed by atoms with Crippen molar-refractivity contribution in [3.8, 4) is 0 Å². The van der Waals surface area contributed by atoms with Gasteiger partial charge in [0.25, 0.3) is 5.91 Å². The Morgan fingerprint density at radius 1 is 1.18 bits per heavy atom. The molecule has 1 aromatic carbocycles. The van der Waals surface area contributed by atoms with Crippen molar-refractivity contribution >= 4 is 11.8 Å². The molecule has 0 saturated carbocycles. The van der Waals surface area contributed by atoms with Gasteiger partial charge in [0.2, 0.25) is 5.91 Å². The highest BCUT2D eigenvalue weighted by Gasteiger charge is 2.09. The van der Waals surface area contributed by atoms with Gasteiger partial charge in [-0.3, -0.25) is 20.4 Å². The van der Waals surface area contributed by atoms with Crippen molar-refractivity contribution in [3.05, 3.63) is 34.9 Å². The standard InChI is InChI=1S/C13H18N2O2/c1-4-5-12(16)14-15-13(17)11-7-6-9(2)8-10(11)3/h6-8H,4-5H2,1-3H3,(H,14,16)(H,15,17). The van der Waals surface area contributed by atoms with Crippen molar-refractivity contribution in [3.63, 3.8) is 0 Å². The van der Waals surface area contributed by atoms with Crippen LogP contribution in [0.3, 0.4) is 0 Å². The Morgan fingerprint density at radius 2 is 1.88 bits per heavy atom. The lowest BCUT2D eigenvalue weighted by molar-refractivity contribution is -0.121. The largest absolute Gasteiger partial charge is 0.273 e. The average Bonchev–Trinajstić information content (AvgIpc) is 2.26. The van der Waals surface area contributed by atoms with E-state index in [1.807, 2.05) is 32.9 Å². The number of nitrogens with one attached hydrogen (secondary N) is 2. The lowest BCUT2D eigenvalue weighted by Gasteiger charge is -2.09. The van der Waals surface area contributed by atoms with E-state index in [1.165, 1.54) is 0 Å². The lowest BCUT2D eigenvalue weighted by Crippen LogP contribution is -2.41. The van der Waals surface area contributed by atoms with Crippen LogP contribution in [0.5, 0.6) is 0 Å². The Balaban J connectivity index is 2.61. The molecule has 0 radical (unpaired) electrons. The molecule has 92 valence electrons. The SMILES string of the molecule is CCCC(=O)NNC(=O)c1ccc(C)cc1C. The van der Waals surface area contributed by atoms with Gasteiger partial charge in [0.05, 0.1) is 0 Å². The number of amides is 2. The number of hydrogen-bond acceptors (Lipinski definition) is 2. The van der Waals surface area contributed by atoms with Crippen LogP contribution in [0.15, 0.2) is 18.2 Å². The van der Waals surface area contributed by atoms with Gasteiger partial charge in [0, 0.05) is 12.0 Å². The van der Waals surface area contributed by atoms with Gasteiger partial charge in [0.1, 0.15) is 0 Å². The second-order valence-corrected chi connectivity index (χ2v) is 4.07. The molecule has 0 heterocycles. The zero-order chi connectivity index (χ0) is 12.8. The molecular weight excluding hydrogens is 216 g/mol. The molecule has 17 heavy (non-hydrogen) atoms. The van der Waals surface area contributed by atoms with Crippen LogP contribution in [0.4, 0.5) is 0 Å². The Kier molecular flexibility index (Phi) is 4.69. The fourth-order valence-electron chi connectivity index (χ4n) is 1.55. The summed E-state index contributed by atoms with van der Waals surface area (Å²) in [5.41, 5.74) is 7.37. The maximum Gasteiger partial charge on any atom is 0.269 e. The average molecular weight is 234 g/mol. The molecule has 0 saturated heterocycles. The zero-order valence-corrected chi connectivity index (χ0v) is 10.5. The molecule has 0 fully saturated rings. The minimum absolute atomic E-state index is 0.175. The van der Waals surface area contributed by atoms with Gasteiger partial charge in [-0.25, -0.2) is 0 Å². The summed E-state index contributed by atoms with van der Waals surface area (Å²) < 4.78 is 0. The van der Waals surface area contributed by atoms with Crippen molar-refractivity contribution in [2.45, 2.75) is 33.6 Å². The normalized spacial score (nSPS) is 9.82. The predicted molar refractivity (Wildman–Crippen MR) is 66.4 cm³/mol. The molecule has 0 aliphatic carbocycles. The molecular formula is C13H18N2O2. The molecule has 0 aliphatic heterocycles. The van der Waals surface area contributed by atoms with E-state index >= 15 is 0 Å². The molecule has 0 unspecified atom stereocenters. The number of carbonyl (C=O) groups excluding carboxylic acids is 2. The Bertz CT molecular complexity index is 427. The van der Waals surface area contributed by atoms with Crippen LogP contribution in [0.1, 0.15) is 41.3 Å². The topological polar surface area (TPSA) is 58.2 Å². The fraction of sp³-hybridized carbons (Fsp3) is 0.385. The van der Waals surface area contributed by atoms with Gasteiger partial charge in [-0.1, -0.05) is 24.6 Å². The van der Waals surface area contributed by atoms with E-state index in [-0.39, 0.29) is 11.8 Å². The van der Waals surface area contributed by atoms with E-state index in [9.17, 15) is 9.59 Å². The first-order valence-corrected chi connectivity index (χ1v) is 5.71. The first kappa shape index (κ1) is 13.2. The van der Waals surface area contributed by atoms with Crippen molar-refractivity contribution in [2.24, 2.45) is 0 Å². The molecule has 0 aromatic heterocycles. The van der Waals surface area contributed by atoms with Crippen LogP contribution < -0.4 is 10.9 Å². The van der Waals surface area contributed by atoms with Gasteiger partial charge in [0.15, 0.2) is 0 Å². The molecule has 2 amide bonds. The summed E-state index contributed by atoms with van der Waals surface area (Å²) in [5.74, 6) is -0.461. The van der Waals surface area contributed by atoms with E-state index in [0.717, 1.165) is 17.5 Å². The van der Waals surface area contributed by atoms with Gasteiger partial charge in [-0.15, -0.1) is 0 Å². The smallest absolute Gasteiger partial charge is 0.269 e. The number of benzene rings is 1. The highest BCUT2D eigenvalue weighted by molar-refractivity contribution is 5.96. The fourth-order valence-corrected chi connectivity index (χ4v) is 1.55. The van der Waals surface area contributed by atoms with E-state index in [2.05, 4.69) is 10.9 Å². The summed E-state index contributed by atoms with van der Waals surface area (Å²) >= 11 is 0. The van der Waals surface area contributed by atoms with Gasteiger partial charge < -0.3 is 0 Å². The third-order valence-electron chi connectivity index (χ3n) is 2.42. The summed E-state index contributed by atoms with van der Waals surface area (Å²) in [6.45, 7) is 5.75. The van der Waals surface area contributed by atoms with Crippen LogP contribution in [0.2, 0.25) is 0 Å². The van der Waals surface area contributed by atoms with Gasteiger partial charge in [-0.05, 0) is 31.9 Å². The van der Waals surface area contributed by atoms with Gasteiger partial charge in [-0.2, -0.15) is 0 Å². The first-order valence-electron chi connectivity index (χ1n) is 5.71. The summed E-state index contributed by atoms with van der Waals surface area (Å²) in [7, 11) is 0. The van der Waals surface area contributed by atoms with Crippen LogP contribution in [0.25, 0.3) is 0 Å². The third kappa shape index (κ3) is 3.90. The summed E-state index contributed by atoms with van der Waals surface area (Å²) in [5, 5.41) is 0. The number of hydrazine groups is 1. The number of rotatable bonds is 3. The summed E-state index contributed by atoms with van der Waals surface area (Å²) in [6, 6.07) is 5.56. The number of carbonyl (C=O) groups is 2. The maximum atomic E-state index is 11.8. The van der Waals surface area contributed by atoms with Crippen molar-refractivity contribution in [1.82, 2.24) is 10.9 Å². The third-order valence-corrected chi connectivity index (χ3v) is 2.42. The molecule has 4 nitrogen and oxygen atoms in total. The Morgan fingerprint density at radius 3 is 2.47 bits per heavy atom. The van der Waals surface area contributed by atoms with Crippen LogP contribution in [-0.2, 0) is 4.79 Å². The van der Waals surface area contributed by atoms with E-state index in [0.29, 0.717) is 12.0 Å². The Labute approximate surface area is 101 Å². The van der Waals surface area contributed by atoms with E-state index in [1.54, 1.807) is 6.07 Å². The highest BCUT2D eigenvalue weighted by atomic mass is 16.2. The molecule has 4 heteroatoms. The molecule has 0 spiro atoms. The molecule has 0 bridgehead atoms. The Hall–Kier alpha value is -1.84. The molecule has 2 N–H and O–H groups in total. The zero-order valence-electron chi connectivity index (χ0n) is 10.5. The molecule has 0 atom stereocenters. The second-order valence-electron chi connectivity index (χ2n) is 4.07. The summed E-state index contributed by atoms with van der Waals surface area (Å²) in [6.07, 6.45) is 1.17. The molecule has 0 aliphatic rings. The molecule has 1 aromatic rings. The number of aryl methyl sites for hydroxylation is 2. The van der Waals surface area contributed by atoms with Crippen LogP contribution in [0, 0.1) is 13.8 Å². The second kappa shape index (κ2) is 6.03. The lowest BCUT2D eigenvalue weighted by atomic mass is 10.1. The van der Waals surface area contributed by atoms with Crippen molar-refractivity contribution < 1.29 is 9.59 Å². The van der Waals surface area contributed by atoms with E-state index < -0.39 is 0 Å². The number of hydrogen-bond donors (Lipinski definition) is 2. The van der Waals surface area contributed by atoms with Crippen LogP contribution >= 0.6 is 0 Å². The first-order chi connectivity index (χ1) is 8.04. The minimum Gasteiger partial charge on any atom is -0.273 e. The monoisotopic (exact) mass is 234 g/mol. The maximum absolute atomic E-state index is 11.8. The van der Waals surface area contributed by atoms with Crippen molar-refractivity contribution in [2.75, 3.05) is 0 Å². The highest BCUT2D eigenvalue weighted by Crippen LogP contribution is 2.09. The minimum atomic E-state index is -0.285. The molecule has 1 rings (SSSR count). The van der Waals surface area contributed by atoms with Crippen LogP contribution in [-0.4, -0.2) is 11.8 Å². The van der Waals surface area contributed by atoms with Gasteiger partial charge >= 0.3 is 0 Å².